The number of nitrogens with two attached hydrogens (primary N) is 1. The zero-order valence-electron chi connectivity index (χ0n) is 8.06. The van der Waals surface area contributed by atoms with E-state index in [0.29, 0.717) is 19.6 Å². The van der Waals surface area contributed by atoms with E-state index < -0.39 is 6.09 Å². The van der Waals surface area contributed by atoms with Crippen LogP contribution in [0.25, 0.3) is 0 Å². The molecular formula is C8H14N2O4. The molecule has 0 aromatic rings. The number of hydrogen-bond acceptors (Lipinski definition) is 5. The maximum absolute atomic E-state index is 11.1. The van der Waals surface area contributed by atoms with Crippen molar-refractivity contribution in [2.45, 2.75) is 12.5 Å². The second kappa shape index (κ2) is 4.80. The maximum atomic E-state index is 11.1. The Labute approximate surface area is 81.9 Å². The van der Waals surface area contributed by atoms with Crippen molar-refractivity contribution in [3.63, 3.8) is 0 Å². The Morgan fingerprint density at radius 1 is 1.79 bits per heavy atom. The molecule has 1 atom stereocenters. The van der Waals surface area contributed by atoms with Gasteiger partial charge in [0.05, 0.1) is 20.1 Å². The molecule has 0 radical (unpaired) electrons. The quantitative estimate of drug-likeness (QED) is 0.611. The molecule has 6 nitrogen and oxygen atoms in total. The second-order valence-electron chi connectivity index (χ2n) is 3.01. The minimum Gasteiger partial charge on any atom is -0.469 e. The number of nitrogens with zero attached hydrogens (tertiary/aromatic N) is 1. The summed E-state index contributed by atoms with van der Waals surface area (Å²) in [4.78, 5) is 23.4. The fraction of sp³-hybridized carbons (Fsp3) is 0.750. The smallest absolute Gasteiger partial charge is 0.410 e. The summed E-state index contributed by atoms with van der Waals surface area (Å²) in [5.74, 6) is -0.339. The molecule has 6 heteroatoms. The topological polar surface area (TPSA) is 81.9 Å². The fourth-order valence-corrected chi connectivity index (χ4v) is 1.21. The highest BCUT2D eigenvalue weighted by Gasteiger charge is 2.30. The van der Waals surface area contributed by atoms with Gasteiger partial charge in [0.2, 0.25) is 0 Å². The number of amides is 1. The monoisotopic (exact) mass is 202 g/mol. The summed E-state index contributed by atoms with van der Waals surface area (Å²) in [7, 11) is 1.31. The number of carbonyl (C=O) groups excluding carboxylic acids is 2. The van der Waals surface area contributed by atoms with Crippen LogP contribution in [0.4, 0.5) is 4.79 Å². The lowest BCUT2D eigenvalue weighted by molar-refractivity contribution is -0.140. The lowest BCUT2D eigenvalue weighted by atomic mass is 10.3. The summed E-state index contributed by atoms with van der Waals surface area (Å²) in [5, 5.41) is 0. The number of ether oxygens (including phenoxy) is 2. The summed E-state index contributed by atoms with van der Waals surface area (Å²) >= 11 is 0. The number of methoxy groups -OCH3 is 1. The van der Waals surface area contributed by atoms with E-state index in [4.69, 9.17) is 10.5 Å². The van der Waals surface area contributed by atoms with Crippen molar-refractivity contribution in [1.82, 2.24) is 4.90 Å². The third-order valence-corrected chi connectivity index (χ3v) is 2.03. The molecule has 14 heavy (non-hydrogen) atoms. The minimum atomic E-state index is -0.413. The predicted octanol–water partition coefficient (Wildman–Crippen LogP) is -0.671. The van der Waals surface area contributed by atoms with Crippen LogP contribution >= 0.6 is 0 Å². The van der Waals surface area contributed by atoms with Crippen molar-refractivity contribution < 1.29 is 19.1 Å². The molecule has 1 aliphatic heterocycles. The molecule has 0 saturated carbocycles. The van der Waals surface area contributed by atoms with Crippen LogP contribution in [0.15, 0.2) is 0 Å². The van der Waals surface area contributed by atoms with Gasteiger partial charge in [0, 0.05) is 13.1 Å². The standard InChI is InChI=1S/C8H14N2O4/c1-13-7(11)2-3-10-5-6(4-9)14-8(10)12/h6H,2-5,9H2,1H3. The van der Waals surface area contributed by atoms with E-state index >= 15 is 0 Å². The third kappa shape index (κ3) is 2.59. The van der Waals surface area contributed by atoms with Crippen LogP contribution in [-0.4, -0.2) is 49.8 Å². The molecule has 1 rings (SSSR count). The largest absolute Gasteiger partial charge is 0.469 e. The molecule has 0 spiro atoms. The molecule has 1 aliphatic rings. The molecule has 1 saturated heterocycles. The highest BCUT2D eigenvalue weighted by atomic mass is 16.6. The first-order chi connectivity index (χ1) is 6.67. The normalized spacial score (nSPS) is 20.9. The maximum Gasteiger partial charge on any atom is 0.410 e. The van der Waals surface area contributed by atoms with Gasteiger partial charge >= 0.3 is 12.1 Å². The zero-order valence-corrected chi connectivity index (χ0v) is 8.06. The van der Waals surface area contributed by atoms with Crippen molar-refractivity contribution in [3.05, 3.63) is 0 Å². The Balaban J connectivity index is 2.32. The van der Waals surface area contributed by atoms with Crippen LogP contribution in [0.2, 0.25) is 0 Å². The summed E-state index contributed by atoms with van der Waals surface area (Å²) in [6.45, 7) is 1.08. The summed E-state index contributed by atoms with van der Waals surface area (Å²) < 4.78 is 9.35. The first kappa shape index (κ1) is 10.8. The van der Waals surface area contributed by atoms with Gasteiger partial charge in [0.15, 0.2) is 0 Å². The van der Waals surface area contributed by atoms with Crippen molar-refractivity contribution in [3.8, 4) is 0 Å². The second-order valence-corrected chi connectivity index (χ2v) is 3.01. The molecule has 2 N–H and O–H groups in total. The van der Waals surface area contributed by atoms with E-state index in [9.17, 15) is 9.59 Å². The molecule has 0 aromatic heterocycles. The van der Waals surface area contributed by atoms with E-state index in [2.05, 4.69) is 4.74 Å². The SMILES string of the molecule is COC(=O)CCN1CC(CN)OC1=O. The van der Waals surface area contributed by atoms with Gasteiger partial charge < -0.3 is 20.1 Å². The Morgan fingerprint density at radius 3 is 3.00 bits per heavy atom. The van der Waals surface area contributed by atoms with Crippen LogP contribution in [-0.2, 0) is 14.3 Å². The lowest BCUT2D eigenvalue weighted by Crippen LogP contribution is -2.29. The van der Waals surface area contributed by atoms with Gasteiger partial charge in [-0.1, -0.05) is 0 Å². The lowest BCUT2D eigenvalue weighted by Gasteiger charge is -2.10. The molecule has 1 fully saturated rings. The summed E-state index contributed by atoms with van der Waals surface area (Å²) in [6.07, 6.45) is -0.479. The van der Waals surface area contributed by atoms with Crippen LogP contribution in [0.1, 0.15) is 6.42 Å². The molecule has 1 heterocycles. The number of esters is 1. The number of cyclic esters (lactones) is 1. The van der Waals surface area contributed by atoms with Crippen molar-refractivity contribution in [2.24, 2.45) is 5.73 Å². The van der Waals surface area contributed by atoms with Gasteiger partial charge in [-0.2, -0.15) is 0 Å². The first-order valence-electron chi connectivity index (χ1n) is 4.39. The van der Waals surface area contributed by atoms with Gasteiger partial charge in [-0.15, -0.1) is 0 Å². The number of carbonyl (C=O) groups is 2. The molecular weight excluding hydrogens is 188 g/mol. The van der Waals surface area contributed by atoms with Crippen LogP contribution in [0.3, 0.4) is 0 Å². The Morgan fingerprint density at radius 2 is 2.50 bits per heavy atom. The molecule has 0 aliphatic carbocycles. The van der Waals surface area contributed by atoms with Crippen LogP contribution < -0.4 is 5.73 Å². The van der Waals surface area contributed by atoms with E-state index in [1.54, 1.807) is 0 Å². The number of hydrogen-bond donors (Lipinski definition) is 1. The van der Waals surface area contributed by atoms with E-state index in [1.807, 2.05) is 0 Å². The van der Waals surface area contributed by atoms with Gasteiger partial charge in [-0.05, 0) is 0 Å². The fourth-order valence-electron chi connectivity index (χ4n) is 1.21. The predicted molar refractivity (Wildman–Crippen MR) is 47.5 cm³/mol. The number of rotatable bonds is 4. The highest BCUT2D eigenvalue weighted by molar-refractivity contribution is 5.72. The molecule has 0 aromatic carbocycles. The van der Waals surface area contributed by atoms with Gasteiger partial charge in [-0.3, -0.25) is 4.79 Å². The molecule has 0 bridgehead atoms. The third-order valence-electron chi connectivity index (χ3n) is 2.03. The van der Waals surface area contributed by atoms with E-state index in [1.165, 1.54) is 12.0 Å². The van der Waals surface area contributed by atoms with Gasteiger partial charge in [0.1, 0.15) is 6.10 Å². The molecule has 1 unspecified atom stereocenters. The van der Waals surface area contributed by atoms with Crippen LogP contribution in [0, 0.1) is 0 Å². The Kier molecular flexibility index (Phi) is 3.70. The summed E-state index contributed by atoms with van der Waals surface area (Å²) in [5.41, 5.74) is 5.34. The van der Waals surface area contributed by atoms with Crippen molar-refractivity contribution >= 4 is 12.1 Å². The Hall–Kier alpha value is -1.30. The van der Waals surface area contributed by atoms with Gasteiger partial charge in [0.25, 0.3) is 0 Å². The van der Waals surface area contributed by atoms with Crippen LogP contribution in [0.5, 0.6) is 0 Å². The average molecular weight is 202 g/mol. The molecule has 1 amide bonds. The highest BCUT2D eigenvalue weighted by Crippen LogP contribution is 2.10. The minimum absolute atomic E-state index is 0.183. The molecule has 80 valence electrons. The average Bonchev–Trinajstić information content (AvgIpc) is 2.55. The first-order valence-corrected chi connectivity index (χ1v) is 4.39. The van der Waals surface area contributed by atoms with E-state index in [0.717, 1.165) is 0 Å². The van der Waals surface area contributed by atoms with E-state index in [-0.39, 0.29) is 18.5 Å². The summed E-state index contributed by atoms with van der Waals surface area (Å²) in [6, 6.07) is 0. The Bertz CT molecular complexity index is 231. The van der Waals surface area contributed by atoms with Crippen molar-refractivity contribution in [2.75, 3.05) is 26.7 Å². The van der Waals surface area contributed by atoms with Crippen molar-refractivity contribution in [1.29, 1.82) is 0 Å². The van der Waals surface area contributed by atoms with Gasteiger partial charge in [-0.25, -0.2) is 4.79 Å². The zero-order chi connectivity index (χ0) is 10.6.